The maximum absolute atomic E-state index is 13.1. The molecule has 3 amide bonds. The van der Waals surface area contributed by atoms with Crippen molar-refractivity contribution < 1.29 is 9.59 Å². The molecule has 136 valence electrons. The molecule has 2 aromatic carbocycles. The number of para-hydroxylation sites is 2. The van der Waals surface area contributed by atoms with Crippen molar-refractivity contribution in [3.63, 3.8) is 0 Å². The molecule has 3 aliphatic heterocycles. The Bertz CT molecular complexity index is 968. The maximum atomic E-state index is 13.1. The van der Waals surface area contributed by atoms with E-state index in [4.69, 9.17) is 0 Å². The third kappa shape index (κ3) is 2.51. The number of rotatable bonds is 2. The number of nitrogens with zero attached hydrogens (tertiary/aromatic N) is 4. The lowest BCUT2D eigenvalue weighted by atomic mass is 10.1. The number of amidine groups is 1. The molecule has 0 aromatic heterocycles. The van der Waals surface area contributed by atoms with E-state index in [2.05, 4.69) is 11.1 Å². The van der Waals surface area contributed by atoms with Gasteiger partial charge in [-0.15, -0.1) is 0 Å². The molecule has 0 atom stereocenters. The zero-order valence-electron chi connectivity index (χ0n) is 15.0. The molecule has 0 fully saturated rings. The largest absolute Gasteiger partial charge is 0.330 e. The lowest BCUT2D eigenvalue weighted by Gasteiger charge is -2.39. The second-order valence-corrected chi connectivity index (χ2v) is 7.02. The van der Waals surface area contributed by atoms with Gasteiger partial charge in [0.15, 0.2) is 0 Å². The highest BCUT2D eigenvalue weighted by molar-refractivity contribution is 6.20. The lowest BCUT2D eigenvalue weighted by molar-refractivity contribution is -0.117. The van der Waals surface area contributed by atoms with E-state index in [0.29, 0.717) is 13.1 Å². The first-order valence-corrected chi connectivity index (χ1v) is 9.35. The minimum Gasteiger partial charge on any atom is -0.310 e. The van der Waals surface area contributed by atoms with Crippen LogP contribution in [0.15, 0.2) is 53.5 Å². The molecule has 6 nitrogen and oxygen atoms in total. The number of hydrogen-bond donors (Lipinski definition) is 0. The molecule has 5 rings (SSSR count). The summed E-state index contributed by atoms with van der Waals surface area (Å²) in [4.78, 5) is 35.9. The van der Waals surface area contributed by atoms with Gasteiger partial charge in [-0.1, -0.05) is 30.3 Å². The zero-order chi connectivity index (χ0) is 18.4. The number of urea groups is 1. The van der Waals surface area contributed by atoms with Gasteiger partial charge in [0.1, 0.15) is 12.4 Å². The molecule has 0 radical (unpaired) electrons. The predicted octanol–water partition coefficient (Wildman–Crippen LogP) is 2.67. The number of carbonyl (C=O) groups excluding carboxylic acids is 2. The van der Waals surface area contributed by atoms with Gasteiger partial charge in [0.2, 0.25) is 5.91 Å². The first-order chi connectivity index (χ1) is 13.2. The molecule has 0 saturated heterocycles. The first kappa shape index (κ1) is 16.1. The van der Waals surface area contributed by atoms with Crippen molar-refractivity contribution in [1.29, 1.82) is 0 Å². The fourth-order valence-corrected chi connectivity index (χ4v) is 4.14. The molecule has 6 heteroatoms. The van der Waals surface area contributed by atoms with Gasteiger partial charge in [-0.3, -0.25) is 19.6 Å². The van der Waals surface area contributed by atoms with Gasteiger partial charge in [0.25, 0.3) is 0 Å². The zero-order valence-corrected chi connectivity index (χ0v) is 15.0. The SMILES string of the molecule is O=C(CN1C(=O)N2CCCN=C2c2ccccc21)N1CCc2ccccc21. The highest BCUT2D eigenvalue weighted by Crippen LogP contribution is 2.32. The Morgan fingerprint density at radius 1 is 1.00 bits per heavy atom. The molecule has 0 N–H and O–H groups in total. The molecule has 0 aliphatic carbocycles. The maximum Gasteiger partial charge on any atom is 0.330 e. The van der Waals surface area contributed by atoms with Crippen molar-refractivity contribution in [2.45, 2.75) is 12.8 Å². The lowest BCUT2D eigenvalue weighted by Crippen LogP contribution is -2.55. The highest BCUT2D eigenvalue weighted by atomic mass is 16.2. The summed E-state index contributed by atoms with van der Waals surface area (Å²) in [6.45, 7) is 2.08. The van der Waals surface area contributed by atoms with E-state index in [-0.39, 0.29) is 18.5 Å². The Labute approximate surface area is 157 Å². The summed E-state index contributed by atoms with van der Waals surface area (Å²) in [6.07, 6.45) is 1.70. The Balaban J connectivity index is 1.48. The van der Waals surface area contributed by atoms with Crippen LogP contribution >= 0.6 is 0 Å². The predicted molar refractivity (Wildman–Crippen MR) is 104 cm³/mol. The Morgan fingerprint density at radius 2 is 1.78 bits per heavy atom. The van der Waals surface area contributed by atoms with E-state index in [9.17, 15) is 9.59 Å². The van der Waals surface area contributed by atoms with Crippen LogP contribution in [0, 0.1) is 0 Å². The van der Waals surface area contributed by atoms with Crippen LogP contribution in [0.2, 0.25) is 0 Å². The Kier molecular flexibility index (Phi) is 3.70. The first-order valence-electron chi connectivity index (χ1n) is 9.35. The summed E-state index contributed by atoms with van der Waals surface area (Å²) in [5.41, 5.74) is 3.83. The third-order valence-electron chi connectivity index (χ3n) is 5.44. The molecule has 2 aromatic rings. The number of hydrogen-bond acceptors (Lipinski definition) is 3. The fraction of sp³-hybridized carbons (Fsp3) is 0.286. The van der Waals surface area contributed by atoms with Crippen LogP contribution in [0.1, 0.15) is 17.5 Å². The summed E-state index contributed by atoms with van der Waals surface area (Å²) in [6, 6.07) is 15.5. The van der Waals surface area contributed by atoms with E-state index < -0.39 is 0 Å². The van der Waals surface area contributed by atoms with Gasteiger partial charge in [0.05, 0.1) is 5.69 Å². The molecule has 0 unspecified atom stereocenters. The van der Waals surface area contributed by atoms with Gasteiger partial charge in [-0.05, 0) is 36.6 Å². The number of fused-ring (bicyclic) bond motifs is 4. The van der Waals surface area contributed by atoms with Crippen LogP contribution < -0.4 is 9.80 Å². The second kappa shape index (κ2) is 6.23. The van der Waals surface area contributed by atoms with E-state index in [1.807, 2.05) is 42.5 Å². The highest BCUT2D eigenvalue weighted by Gasteiger charge is 2.38. The van der Waals surface area contributed by atoms with Gasteiger partial charge in [-0.25, -0.2) is 4.79 Å². The van der Waals surface area contributed by atoms with Crippen molar-refractivity contribution in [1.82, 2.24) is 4.90 Å². The minimum absolute atomic E-state index is 0.0357. The third-order valence-corrected chi connectivity index (χ3v) is 5.44. The van der Waals surface area contributed by atoms with Crippen LogP contribution in [-0.4, -0.2) is 48.9 Å². The number of anilines is 2. The molecule has 3 heterocycles. The summed E-state index contributed by atoms with van der Waals surface area (Å²) in [5.74, 6) is 0.678. The number of carbonyl (C=O) groups is 2. The molecule has 0 saturated carbocycles. The molecule has 0 bridgehead atoms. The number of amides is 3. The van der Waals surface area contributed by atoms with Gasteiger partial charge in [-0.2, -0.15) is 0 Å². The summed E-state index contributed by atoms with van der Waals surface area (Å²) < 4.78 is 0. The van der Waals surface area contributed by atoms with Crippen molar-refractivity contribution in [3.05, 3.63) is 59.7 Å². The summed E-state index contributed by atoms with van der Waals surface area (Å²) >= 11 is 0. The average molecular weight is 360 g/mol. The monoisotopic (exact) mass is 360 g/mol. The van der Waals surface area contributed by atoms with E-state index >= 15 is 0 Å². The molecule has 3 aliphatic rings. The average Bonchev–Trinajstić information content (AvgIpc) is 3.15. The molecular formula is C21H20N4O2. The molecule has 0 spiro atoms. The summed E-state index contributed by atoms with van der Waals surface area (Å²) in [5, 5.41) is 0. The van der Waals surface area contributed by atoms with Gasteiger partial charge >= 0.3 is 6.03 Å². The Morgan fingerprint density at radius 3 is 2.67 bits per heavy atom. The van der Waals surface area contributed by atoms with Crippen LogP contribution in [0.4, 0.5) is 16.2 Å². The second-order valence-electron chi connectivity index (χ2n) is 7.02. The van der Waals surface area contributed by atoms with E-state index in [1.165, 1.54) is 5.56 Å². The van der Waals surface area contributed by atoms with Crippen LogP contribution in [0.25, 0.3) is 0 Å². The van der Waals surface area contributed by atoms with Gasteiger partial charge < -0.3 is 4.90 Å². The van der Waals surface area contributed by atoms with Crippen molar-refractivity contribution in [2.24, 2.45) is 4.99 Å². The number of aliphatic imine (C=N–C) groups is 1. The standard InChI is InChI=1S/C21H20N4O2/c26-19(23-13-10-15-6-1-3-8-17(15)23)14-25-18-9-4-2-7-16(18)20-22-11-5-12-24(20)21(25)27/h1-4,6-9H,5,10-14H2. The van der Waals surface area contributed by atoms with Gasteiger partial charge in [0, 0.05) is 30.9 Å². The van der Waals surface area contributed by atoms with Crippen LogP contribution in [0.5, 0.6) is 0 Å². The van der Waals surface area contributed by atoms with Crippen LogP contribution in [-0.2, 0) is 11.2 Å². The topological polar surface area (TPSA) is 56.2 Å². The smallest absolute Gasteiger partial charge is 0.310 e. The van der Waals surface area contributed by atoms with Crippen LogP contribution in [0.3, 0.4) is 0 Å². The normalized spacial score (nSPS) is 18.0. The molecule has 27 heavy (non-hydrogen) atoms. The molecular weight excluding hydrogens is 340 g/mol. The van der Waals surface area contributed by atoms with Crippen molar-refractivity contribution >= 4 is 29.1 Å². The summed E-state index contributed by atoms with van der Waals surface area (Å²) in [7, 11) is 0. The minimum atomic E-state index is -0.159. The fourth-order valence-electron chi connectivity index (χ4n) is 4.14. The van der Waals surface area contributed by atoms with Crippen molar-refractivity contribution in [2.75, 3.05) is 36.0 Å². The van der Waals surface area contributed by atoms with Crippen molar-refractivity contribution in [3.8, 4) is 0 Å². The number of benzene rings is 2. The quantitative estimate of drug-likeness (QED) is 0.827. The van der Waals surface area contributed by atoms with E-state index in [1.54, 1.807) is 14.7 Å². The Hall–Kier alpha value is -3.15. The van der Waals surface area contributed by atoms with E-state index in [0.717, 1.165) is 42.2 Å².